The molecular weight excluding hydrogens is 197 g/mol. The van der Waals surface area contributed by atoms with E-state index in [1.54, 1.807) is 0 Å². The van der Waals surface area contributed by atoms with Crippen LogP contribution in [0.2, 0.25) is 0 Å². The lowest BCUT2D eigenvalue weighted by molar-refractivity contribution is -0.252. The van der Waals surface area contributed by atoms with Crippen molar-refractivity contribution in [3.63, 3.8) is 0 Å². The van der Waals surface area contributed by atoms with E-state index in [-0.39, 0.29) is 19.4 Å². The standard InChI is InChI=1S/C9H11F3O2/c1-2-3-8(13)4-5-14-7(6-8)9(10,11)12/h1,7,13H,3-6H2. The number of aliphatic hydroxyl groups is 1. The van der Waals surface area contributed by atoms with Crippen molar-refractivity contribution < 1.29 is 23.0 Å². The molecule has 2 unspecified atom stereocenters. The number of hydrogen-bond donors (Lipinski definition) is 1. The van der Waals surface area contributed by atoms with Crippen molar-refractivity contribution in [2.24, 2.45) is 0 Å². The molecule has 0 spiro atoms. The first-order chi connectivity index (χ1) is 6.37. The molecule has 1 rings (SSSR count). The Kier molecular flexibility index (Phi) is 3.07. The molecule has 2 nitrogen and oxygen atoms in total. The fourth-order valence-corrected chi connectivity index (χ4v) is 1.46. The molecule has 1 fully saturated rings. The number of rotatable bonds is 1. The Labute approximate surface area is 80.1 Å². The minimum Gasteiger partial charge on any atom is -0.389 e. The minimum atomic E-state index is -4.43. The maximum atomic E-state index is 12.2. The van der Waals surface area contributed by atoms with Gasteiger partial charge in [-0.1, -0.05) is 0 Å². The highest BCUT2D eigenvalue weighted by Gasteiger charge is 2.48. The fourth-order valence-electron chi connectivity index (χ4n) is 1.46. The fraction of sp³-hybridized carbons (Fsp3) is 0.778. The summed E-state index contributed by atoms with van der Waals surface area (Å²) in [4.78, 5) is 0. The monoisotopic (exact) mass is 208 g/mol. The average Bonchev–Trinajstić information content (AvgIpc) is 2.02. The van der Waals surface area contributed by atoms with Crippen molar-refractivity contribution in [1.82, 2.24) is 0 Å². The van der Waals surface area contributed by atoms with E-state index in [1.807, 2.05) is 0 Å². The summed E-state index contributed by atoms with van der Waals surface area (Å²) in [7, 11) is 0. The van der Waals surface area contributed by atoms with E-state index >= 15 is 0 Å². The molecule has 0 aliphatic carbocycles. The second-order valence-electron chi connectivity index (χ2n) is 3.46. The van der Waals surface area contributed by atoms with E-state index < -0.39 is 24.3 Å². The van der Waals surface area contributed by atoms with Crippen molar-refractivity contribution >= 4 is 0 Å². The zero-order chi connectivity index (χ0) is 10.8. The highest BCUT2D eigenvalue weighted by molar-refractivity contribution is 4.98. The molecule has 0 saturated carbocycles. The van der Waals surface area contributed by atoms with Crippen molar-refractivity contribution in [3.05, 3.63) is 0 Å². The summed E-state index contributed by atoms with van der Waals surface area (Å²) in [6.07, 6.45) is -1.74. The van der Waals surface area contributed by atoms with Crippen molar-refractivity contribution in [2.75, 3.05) is 6.61 Å². The lowest BCUT2D eigenvalue weighted by atomic mass is 9.87. The molecule has 1 aliphatic heterocycles. The van der Waals surface area contributed by atoms with Gasteiger partial charge in [-0.3, -0.25) is 0 Å². The lowest BCUT2D eigenvalue weighted by Gasteiger charge is -2.36. The van der Waals surface area contributed by atoms with Crippen LogP contribution in [0, 0.1) is 12.3 Å². The third-order valence-corrected chi connectivity index (χ3v) is 2.25. The van der Waals surface area contributed by atoms with Gasteiger partial charge in [-0.25, -0.2) is 0 Å². The molecule has 14 heavy (non-hydrogen) atoms. The summed E-state index contributed by atoms with van der Waals surface area (Å²) in [5.74, 6) is 2.18. The molecule has 1 saturated heterocycles. The van der Waals surface area contributed by atoms with E-state index in [9.17, 15) is 18.3 Å². The van der Waals surface area contributed by atoms with Gasteiger partial charge < -0.3 is 9.84 Å². The largest absolute Gasteiger partial charge is 0.414 e. The van der Waals surface area contributed by atoms with Crippen LogP contribution >= 0.6 is 0 Å². The number of hydrogen-bond acceptors (Lipinski definition) is 2. The molecule has 0 radical (unpaired) electrons. The van der Waals surface area contributed by atoms with Gasteiger partial charge >= 0.3 is 6.18 Å². The van der Waals surface area contributed by atoms with Gasteiger partial charge in [0.05, 0.1) is 12.2 Å². The molecule has 1 N–H and O–H groups in total. The number of terminal acetylenes is 1. The molecule has 80 valence electrons. The van der Waals surface area contributed by atoms with E-state index in [1.165, 1.54) is 0 Å². The Hall–Kier alpha value is -0.730. The molecule has 2 atom stereocenters. The van der Waals surface area contributed by atoms with Crippen LogP contribution in [0.3, 0.4) is 0 Å². The van der Waals surface area contributed by atoms with E-state index in [0.29, 0.717) is 0 Å². The summed E-state index contributed by atoms with van der Waals surface area (Å²) in [5.41, 5.74) is -1.42. The first kappa shape index (κ1) is 11.3. The van der Waals surface area contributed by atoms with Crippen molar-refractivity contribution in [1.29, 1.82) is 0 Å². The topological polar surface area (TPSA) is 29.5 Å². The molecule has 0 amide bonds. The van der Waals surface area contributed by atoms with Gasteiger partial charge in [0.15, 0.2) is 6.10 Å². The Balaban J connectivity index is 2.65. The van der Waals surface area contributed by atoms with Crippen LogP contribution in [0.25, 0.3) is 0 Å². The quantitative estimate of drug-likeness (QED) is 0.661. The SMILES string of the molecule is C#CCC1(O)CCOC(C(F)(F)F)C1. The van der Waals surface area contributed by atoms with Gasteiger partial charge in [-0.05, 0) is 0 Å². The number of halogens is 3. The van der Waals surface area contributed by atoms with Crippen LogP contribution < -0.4 is 0 Å². The van der Waals surface area contributed by atoms with Crippen LogP contribution in [-0.2, 0) is 4.74 Å². The highest BCUT2D eigenvalue weighted by atomic mass is 19.4. The summed E-state index contributed by atoms with van der Waals surface area (Å²) in [6.45, 7) is -0.109. The van der Waals surface area contributed by atoms with Gasteiger partial charge in [0.2, 0.25) is 0 Å². The van der Waals surface area contributed by atoms with Crippen molar-refractivity contribution in [3.8, 4) is 12.3 Å². The van der Waals surface area contributed by atoms with Crippen LogP contribution in [0.4, 0.5) is 13.2 Å². The van der Waals surface area contributed by atoms with E-state index in [2.05, 4.69) is 10.7 Å². The van der Waals surface area contributed by atoms with Gasteiger partial charge in [-0.2, -0.15) is 13.2 Å². The Morgan fingerprint density at radius 2 is 2.21 bits per heavy atom. The molecular formula is C9H11F3O2. The Morgan fingerprint density at radius 3 is 2.71 bits per heavy atom. The molecule has 0 aromatic rings. The highest BCUT2D eigenvalue weighted by Crippen LogP contribution is 2.35. The molecule has 1 aliphatic rings. The van der Waals surface area contributed by atoms with Gasteiger partial charge in [0, 0.05) is 19.3 Å². The summed E-state index contributed by atoms with van der Waals surface area (Å²) < 4.78 is 41.2. The Morgan fingerprint density at radius 1 is 1.57 bits per heavy atom. The second-order valence-corrected chi connectivity index (χ2v) is 3.46. The summed E-state index contributed by atoms with van der Waals surface area (Å²) in [6, 6.07) is 0. The zero-order valence-electron chi connectivity index (χ0n) is 7.47. The maximum absolute atomic E-state index is 12.2. The predicted molar refractivity (Wildman–Crippen MR) is 43.4 cm³/mol. The zero-order valence-corrected chi connectivity index (χ0v) is 7.47. The normalized spacial score (nSPS) is 33.8. The third-order valence-electron chi connectivity index (χ3n) is 2.25. The smallest absolute Gasteiger partial charge is 0.389 e. The predicted octanol–water partition coefficient (Wildman–Crippen LogP) is 1.48. The van der Waals surface area contributed by atoms with Gasteiger partial charge in [0.25, 0.3) is 0 Å². The van der Waals surface area contributed by atoms with Gasteiger partial charge in [-0.15, -0.1) is 12.3 Å². The summed E-state index contributed by atoms with van der Waals surface area (Å²) >= 11 is 0. The average molecular weight is 208 g/mol. The number of ether oxygens (including phenoxy) is 1. The lowest BCUT2D eigenvalue weighted by Crippen LogP contribution is -2.46. The maximum Gasteiger partial charge on any atom is 0.414 e. The van der Waals surface area contributed by atoms with Crippen LogP contribution in [0.5, 0.6) is 0 Å². The van der Waals surface area contributed by atoms with E-state index in [0.717, 1.165) is 0 Å². The first-order valence-electron chi connectivity index (χ1n) is 4.21. The van der Waals surface area contributed by atoms with Crippen molar-refractivity contribution in [2.45, 2.75) is 37.1 Å². The van der Waals surface area contributed by atoms with Crippen LogP contribution in [-0.4, -0.2) is 29.6 Å². The number of alkyl halides is 3. The van der Waals surface area contributed by atoms with Crippen LogP contribution in [0.1, 0.15) is 19.3 Å². The van der Waals surface area contributed by atoms with Gasteiger partial charge in [0.1, 0.15) is 0 Å². The Bertz CT molecular complexity index is 243. The molecule has 0 bridgehead atoms. The minimum absolute atomic E-state index is 0.0665. The van der Waals surface area contributed by atoms with Crippen LogP contribution in [0.15, 0.2) is 0 Å². The first-order valence-corrected chi connectivity index (χ1v) is 4.21. The molecule has 0 aromatic heterocycles. The molecule has 5 heteroatoms. The summed E-state index contributed by atoms with van der Waals surface area (Å²) in [5, 5.41) is 9.68. The van der Waals surface area contributed by atoms with E-state index in [4.69, 9.17) is 6.42 Å². The molecule has 0 aromatic carbocycles. The third kappa shape index (κ3) is 2.63. The molecule has 1 heterocycles. The second kappa shape index (κ2) is 3.79.